The summed E-state index contributed by atoms with van der Waals surface area (Å²) in [7, 11) is 0. The molecular formula is C22H22N2O. The molecule has 0 aliphatic heterocycles. The van der Waals surface area contributed by atoms with Crippen molar-refractivity contribution in [2.75, 3.05) is 0 Å². The molecule has 0 spiro atoms. The van der Waals surface area contributed by atoms with Crippen LogP contribution in [0.15, 0.2) is 85.1 Å². The summed E-state index contributed by atoms with van der Waals surface area (Å²) in [5.41, 5.74) is 2.36. The van der Waals surface area contributed by atoms with Crippen molar-refractivity contribution in [3.05, 3.63) is 102 Å². The highest BCUT2D eigenvalue weighted by Gasteiger charge is 2.35. The second-order valence-corrected chi connectivity index (χ2v) is 6.36. The molecule has 0 fully saturated rings. The summed E-state index contributed by atoms with van der Waals surface area (Å²) in [6, 6.07) is 25.8. The van der Waals surface area contributed by atoms with Crippen molar-refractivity contribution in [3.63, 3.8) is 0 Å². The molecule has 1 N–H and O–H groups in total. The largest absolute Gasteiger partial charge is 0.350 e. The third kappa shape index (κ3) is 4.13. The summed E-state index contributed by atoms with van der Waals surface area (Å²) in [6.45, 7) is 2.43. The van der Waals surface area contributed by atoms with Gasteiger partial charge in [0.15, 0.2) is 0 Å². The van der Waals surface area contributed by atoms with Crippen LogP contribution in [0.4, 0.5) is 0 Å². The van der Waals surface area contributed by atoms with E-state index in [2.05, 4.69) is 22.4 Å². The first kappa shape index (κ1) is 16.9. The van der Waals surface area contributed by atoms with E-state index >= 15 is 0 Å². The van der Waals surface area contributed by atoms with E-state index in [1.54, 1.807) is 6.20 Å². The smallest absolute Gasteiger partial charge is 0.231 e. The fourth-order valence-electron chi connectivity index (χ4n) is 2.99. The third-order valence-corrected chi connectivity index (χ3v) is 4.47. The lowest BCUT2D eigenvalue weighted by molar-refractivity contribution is -0.126. The van der Waals surface area contributed by atoms with Crippen molar-refractivity contribution in [1.82, 2.24) is 10.3 Å². The molecule has 3 nitrogen and oxygen atoms in total. The van der Waals surface area contributed by atoms with E-state index in [1.807, 2.05) is 73.7 Å². The van der Waals surface area contributed by atoms with Gasteiger partial charge in [-0.1, -0.05) is 66.7 Å². The van der Waals surface area contributed by atoms with Gasteiger partial charge >= 0.3 is 0 Å². The third-order valence-electron chi connectivity index (χ3n) is 4.47. The highest BCUT2D eigenvalue weighted by atomic mass is 16.2. The summed E-state index contributed by atoms with van der Waals surface area (Å²) in [5, 5.41) is 3.06. The maximum Gasteiger partial charge on any atom is 0.231 e. The van der Waals surface area contributed by atoms with Gasteiger partial charge in [-0.25, -0.2) is 0 Å². The number of nitrogens with one attached hydrogen (secondary N) is 1. The number of carbonyl (C=O) groups excluding carboxylic acids is 1. The molecule has 25 heavy (non-hydrogen) atoms. The first-order chi connectivity index (χ1) is 12.2. The predicted molar refractivity (Wildman–Crippen MR) is 100 cm³/mol. The molecule has 0 bridgehead atoms. The average Bonchev–Trinajstić information content (AvgIpc) is 2.68. The number of benzene rings is 2. The molecule has 0 aliphatic carbocycles. The summed E-state index contributed by atoms with van der Waals surface area (Å²) >= 11 is 0. The van der Waals surface area contributed by atoms with Crippen molar-refractivity contribution in [2.24, 2.45) is 0 Å². The molecule has 2 aromatic carbocycles. The molecule has 1 heterocycles. The Hall–Kier alpha value is -2.94. The SMILES string of the molecule is CC(Cc1ccccc1)(C(=O)NCc1ccccn1)c1ccccc1. The van der Waals surface area contributed by atoms with Gasteiger partial charge < -0.3 is 5.32 Å². The van der Waals surface area contributed by atoms with Gasteiger partial charge in [0.1, 0.15) is 0 Å². The lowest BCUT2D eigenvalue weighted by Gasteiger charge is -2.29. The van der Waals surface area contributed by atoms with Crippen LogP contribution in [0.1, 0.15) is 23.7 Å². The average molecular weight is 330 g/mol. The zero-order valence-corrected chi connectivity index (χ0v) is 14.4. The van der Waals surface area contributed by atoms with Gasteiger partial charge in [0.2, 0.25) is 5.91 Å². The Bertz CT molecular complexity index is 803. The normalized spacial score (nSPS) is 13.0. The number of hydrogen-bond acceptors (Lipinski definition) is 2. The standard InChI is InChI=1S/C22H22N2O/c1-22(19-12-6-3-7-13-19,16-18-10-4-2-5-11-18)21(25)24-17-20-14-8-9-15-23-20/h2-15H,16-17H2,1H3,(H,24,25). The van der Waals surface area contributed by atoms with Crippen LogP contribution in [0.3, 0.4) is 0 Å². The molecule has 1 unspecified atom stereocenters. The number of aromatic nitrogens is 1. The lowest BCUT2D eigenvalue weighted by Crippen LogP contribution is -2.43. The summed E-state index contributed by atoms with van der Waals surface area (Å²) in [5.74, 6) is 0.00760. The minimum atomic E-state index is -0.641. The Morgan fingerprint density at radius 2 is 1.56 bits per heavy atom. The van der Waals surface area contributed by atoms with Gasteiger partial charge in [-0.3, -0.25) is 9.78 Å². The van der Waals surface area contributed by atoms with Crippen molar-refractivity contribution in [3.8, 4) is 0 Å². The second kappa shape index (κ2) is 7.75. The van der Waals surface area contributed by atoms with Gasteiger partial charge in [-0.2, -0.15) is 0 Å². The van der Waals surface area contributed by atoms with Crippen molar-refractivity contribution < 1.29 is 4.79 Å². The van der Waals surface area contributed by atoms with E-state index in [4.69, 9.17) is 0 Å². The number of pyridine rings is 1. The zero-order valence-electron chi connectivity index (χ0n) is 14.4. The predicted octanol–water partition coefficient (Wildman–Crippen LogP) is 3.90. The van der Waals surface area contributed by atoms with E-state index in [-0.39, 0.29) is 5.91 Å². The second-order valence-electron chi connectivity index (χ2n) is 6.36. The molecule has 0 saturated carbocycles. The minimum Gasteiger partial charge on any atom is -0.350 e. The summed E-state index contributed by atoms with van der Waals surface area (Å²) < 4.78 is 0. The van der Waals surface area contributed by atoms with Crippen LogP contribution < -0.4 is 5.32 Å². The van der Waals surface area contributed by atoms with Crippen LogP contribution in [0.25, 0.3) is 0 Å². The molecule has 0 aliphatic rings. The summed E-state index contributed by atoms with van der Waals surface area (Å²) in [4.78, 5) is 17.4. The molecule has 126 valence electrons. The highest BCUT2D eigenvalue weighted by Crippen LogP contribution is 2.28. The molecule has 1 aromatic heterocycles. The molecule has 1 amide bonds. The molecule has 0 radical (unpaired) electrons. The molecule has 3 aromatic rings. The van der Waals surface area contributed by atoms with Crippen LogP contribution in [0, 0.1) is 0 Å². The number of nitrogens with zero attached hydrogens (tertiary/aromatic N) is 1. The first-order valence-corrected chi connectivity index (χ1v) is 8.46. The Morgan fingerprint density at radius 3 is 2.20 bits per heavy atom. The van der Waals surface area contributed by atoms with Crippen molar-refractivity contribution in [1.29, 1.82) is 0 Å². The highest BCUT2D eigenvalue weighted by molar-refractivity contribution is 5.88. The fourth-order valence-corrected chi connectivity index (χ4v) is 2.99. The molecule has 3 heteroatoms. The molecule has 1 atom stereocenters. The lowest BCUT2D eigenvalue weighted by atomic mass is 9.76. The van der Waals surface area contributed by atoms with Gasteiger partial charge in [-0.15, -0.1) is 0 Å². The van der Waals surface area contributed by atoms with Crippen LogP contribution in [0.2, 0.25) is 0 Å². The topological polar surface area (TPSA) is 42.0 Å². The van der Waals surface area contributed by atoms with E-state index in [0.29, 0.717) is 13.0 Å². The van der Waals surface area contributed by atoms with Crippen molar-refractivity contribution >= 4 is 5.91 Å². The Kier molecular flexibility index (Phi) is 5.24. The van der Waals surface area contributed by atoms with Crippen LogP contribution in [0.5, 0.6) is 0 Å². The Balaban J connectivity index is 1.84. The number of hydrogen-bond donors (Lipinski definition) is 1. The van der Waals surface area contributed by atoms with Crippen LogP contribution >= 0.6 is 0 Å². The quantitative estimate of drug-likeness (QED) is 0.745. The minimum absolute atomic E-state index is 0.00760. The van der Waals surface area contributed by atoms with Gasteiger partial charge in [0.25, 0.3) is 0 Å². The van der Waals surface area contributed by atoms with Gasteiger partial charge in [0.05, 0.1) is 17.7 Å². The van der Waals surface area contributed by atoms with E-state index in [0.717, 1.165) is 16.8 Å². The molecular weight excluding hydrogens is 308 g/mol. The Morgan fingerprint density at radius 1 is 0.920 bits per heavy atom. The monoisotopic (exact) mass is 330 g/mol. The van der Waals surface area contributed by atoms with Gasteiger partial charge in [0, 0.05) is 6.20 Å². The fraction of sp³-hybridized carbons (Fsp3) is 0.182. The zero-order chi connectivity index (χ0) is 17.5. The molecule has 3 rings (SSSR count). The number of carbonyl (C=O) groups is 1. The van der Waals surface area contributed by atoms with Crippen molar-refractivity contribution in [2.45, 2.75) is 25.3 Å². The maximum atomic E-state index is 13.1. The van der Waals surface area contributed by atoms with E-state index in [9.17, 15) is 4.79 Å². The van der Waals surface area contributed by atoms with Crippen LogP contribution in [-0.2, 0) is 23.2 Å². The number of rotatable bonds is 6. The van der Waals surface area contributed by atoms with Gasteiger partial charge in [-0.05, 0) is 36.6 Å². The van der Waals surface area contributed by atoms with E-state index in [1.165, 1.54) is 0 Å². The Labute approximate surface area is 148 Å². The van der Waals surface area contributed by atoms with Crippen LogP contribution in [-0.4, -0.2) is 10.9 Å². The van der Waals surface area contributed by atoms with E-state index < -0.39 is 5.41 Å². The number of amides is 1. The first-order valence-electron chi connectivity index (χ1n) is 8.46. The molecule has 0 saturated heterocycles. The summed E-state index contributed by atoms with van der Waals surface area (Å²) in [6.07, 6.45) is 2.38. The maximum absolute atomic E-state index is 13.1.